The standard InChI is InChI=1S/C20H17ClN4O4S/c21-14-3-1-13(2-4-14)19(27)24-9-7-12(8-10-24)18(26)23-20-22-16-6-5-15(25(28)29)11-17(16)30-20/h1-6,11-12H,7-10H2,(H,22,23,26). The second-order valence-electron chi connectivity index (χ2n) is 6.99. The van der Waals surface area contributed by atoms with Crippen LogP contribution in [-0.2, 0) is 4.79 Å². The van der Waals surface area contributed by atoms with E-state index < -0.39 is 4.92 Å². The van der Waals surface area contributed by atoms with Crippen molar-refractivity contribution in [2.45, 2.75) is 12.8 Å². The molecule has 1 aliphatic heterocycles. The van der Waals surface area contributed by atoms with Crippen molar-refractivity contribution in [1.82, 2.24) is 9.88 Å². The van der Waals surface area contributed by atoms with Crippen molar-refractivity contribution < 1.29 is 14.5 Å². The van der Waals surface area contributed by atoms with Crippen molar-refractivity contribution in [3.8, 4) is 0 Å². The smallest absolute Gasteiger partial charge is 0.270 e. The summed E-state index contributed by atoms with van der Waals surface area (Å²) in [6.45, 7) is 0.983. The molecule has 4 rings (SSSR count). The lowest BCUT2D eigenvalue weighted by Gasteiger charge is -2.31. The van der Waals surface area contributed by atoms with E-state index in [0.717, 1.165) is 0 Å². The highest BCUT2D eigenvalue weighted by atomic mass is 35.5. The number of benzene rings is 2. The Balaban J connectivity index is 1.36. The summed E-state index contributed by atoms with van der Waals surface area (Å²) in [4.78, 5) is 41.7. The minimum atomic E-state index is -0.462. The van der Waals surface area contributed by atoms with Gasteiger partial charge in [0.15, 0.2) is 5.13 Å². The van der Waals surface area contributed by atoms with Crippen LogP contribution in [0.5, 0.6) is 0 Å². The number of nitrogens with one attached hydrogen (secondary N) is 1. The van der Waals surface area contributed by atoms with Crippen molar-refractivity contribution in [3.63, 3.8) is 0 Å². The van der Waals surface area contributed by atoms with E-state index in [9.17, 15) is 19.7 Å². The van der Waals surface area contributed by atoms with Crippen molar-refractivity contribution in [2.24, 2.45) is 5.92 Å². The maximum atomic E-state index is 12.6. The van der Waals surface area contributed by atoms with Gasteiger partial charge in [-0.3, -0.25) is 19.7 Å². The summed E-state index contributed by atoms with van der Waals surface area (Å²) >= 11 is 7.07. The van der Waals surface area contributed by atoms with Gasteiger partial charge in [-0.25, -0.2) is 4.98 Å². The van der Waals surface area contributed by atoms with E-state index in [2.05, 4.69) is 10.3 Å². The molecule has 0 atom stereocenters. The number of carbonyl (C=O) groups is 2. The van der Waals surface area contributed by atoms with Crippen LogP contribution in [-0.4, -0.2) is 39.7 Å². The van der Waals surface area contributed by atoms with E-state index in [1.54, 1.807) is 35.2 Å². The second-order valence-corrected chi connectivity index (χ2v) is 8.46. The number of aromatic nitrogens is 1. The summed E-state index contributed by atoms with van der Waals surface area (Å²) in [5, 5.41) is 14.7. The number of nitro benzene ring substituents is 1. The average molecular weight is 445 g/mol. The average Bonchev–Trinajstić information content (AvgIpc) is 3.15. The molecular weight excluding hydrogens is 428 g/mol. The molecule has 0 bridgehead atoms. The van der Waals surface area contributed by atoms with Crippen molar-refractivity contribution in [1.29, 1.82) is 0 Å². The zero-order chi connectivity index (χ0) is 21.3. The molecule has 0 radical (unpaired) electrons. The van der Waals surface area contributed by atoms with Crippen molar-refractivity contribution in [2.75, 3.05) is 18.4 Å². The van der Waals surface area contributed by atoms with Crippen LogP contribution in [0.15, 0.2) is 42.5 Å². The van der Waals surface area contributed by atoms with Gasteiger partial charge in [0.25, 0.3) is 11.6 Å². The fourth-order valence-electron chi connectivity index (χ4n) is 3.41. The Morgan fingerprint density at radius 2 is 1.87 bits per heavy atom. The van der Waals surface area contributed by atoms with Crippen LogP contribution in [0.1, 0.15) is 23.2 Å². The van der Waals surface area contributed by atoms with E-state index in [4.69, 9.17) is 11.6 Å². The third-order valence-electron chi connectivity index (χ3n) is 5.06. The summed E-state index contributed by atoms with van der Waals surface area (Å²) in [7, 11) is 0. The number of piperidine rings is 1. The van der Waals surface area contributed by atoms with Crippen LogP contribution in [0.25, 0.3) is 10.2 Å². The lowest BCUT2D eigenvalue weighted by atomic mass is 9.95. The Labute approximate surface area is 180 Å². The first kappa shape index (κ1) is 20.2. The van der Waals surface area contributed by atoms with Crippen LogP contribution in [0.4, 0.5) is 10.8 Å². The number of fused-ring (bicyclic) bond motifs is 1. The normalized spacial score (nSPS) is 14.6. The summed E-state index contributed by atoms with van der Waals surface area (Å²) in [5.74, 6) is -0.443. The van der Waals surface area contributed by atoms with Gasteiger partial charge in [-0.2, -0.15) is 0 Å². The second kappa shape index (κ2) is 8.37. The van der Waals surface area contributed by atoms with Gasteiger partial charge in [0.1, 0.15) is 0 Å². The van der Waals surface area contributed by atoms with Crippen LogP contribution >= 0.6 is 22.9 Å². The highest BCUT2D eigenvalue weighted by Crippen LogP contribution is 2.30. The Kier molecular flexibility index (Phi) is 5.65. The first-order valence-corrected chi connectivity index (χ1v) is 10.5. The molecule has 0 spiro atoms. The largest absolute Gasteiger partial charge is 0.339 e. The van der Waals surface area contributed by atoms with Gasteiger partial charge in [0.2, 0.25) is 5.91 Å². The SMILES string of the molecule is O=C(Nc1nc2ccc([N+](=O)[O-])cc2s1)C1CCN(C(=O)c2ccc(Cl)cc2)CC1. The van der Waals surface area contributed by atoms with Gasteiger partial charge in [-0.05, 0) is 43.2 Å². The highest BCUT2D eigenvalue weighted by molar-refractivity contribution is 7.22. The Morgan fingerprint density at radius 1 is 1.17 bits per heavy atom. The van der Waals surface area contributed by atoms with Crippen LogP contribution in [0.2, 0.25) is 5.02 Å². The van der Waals surface area contributed by atoms with E-state index in [1.165, 1.54) is 23.5 Å². The number of nitro groups is 1. The molecule has 2 amide bonds. The molecule has 30 heavy (non-hydrogen) atoms. The highest BCUT2D eigenvalue weighted by Gasteiger charge is 2.28. The molecule has 0 unspecified atom stereocenters. The molecule has 3 aromatic rings. The van der Waals surface area contributed by atoms with Crippen molar-refractivity contribution in [3.05, 3.63) is 63.2 Å². The van der Waals surface area contributed by atoms with Gasteiger partial charge in [-0.15, -0.1) is 0 Å². The number of thiazole rings is 1. The Hall–Kier alpha value is -3.04. The lowest BCUT2D eigenvalue weighted by molar-refractivity contribution is -0.384. The fraction of sp³-hybridized carbons (Fsp3) is 0.250. The lowest BCUT2D eigenvalue weighted by Crippen LogP contribution is -2.41. The quantitative estimate of drug-likeness (QED) is 0.475. The molecule has 0 aliphatic carbocycles. The molecule has 8 nitrogen and oxygen atoms in total. The molecule has 154 valence electrons. The van der Waals surface area contributed by atoms with Gasteiger partial charge in [0, 0.05) is 41.7 Å². The van der Waals surface area contributed by atoms with Gasteiger partial charge in [0.05, 0.1) is 15.1 Å². The fourth-order valence-corrected chi connectivity index (χ4v) is 4.44. The maximum Gasteiger partial charge on any atom is 0.270 e. The van der Waals surface area contributed by atoms with E-state index in [1.807, 2.05) is 0 Å². The number of hydrogen-bond donors (Lipinski definition) is 1. The molecule has 1 aromatic heterocycles. The third kappa shape index (κ3) is 4.27. The van der Waals surface area contributed by atoms with E-state index in [0.29, 0.717) is 51.9 Å². The molecular formula is C20H17ClN4O4S. The van der Waals surface area contributed by atoms with Crippen LogP contribution in [0, 0.1) is 16.0 Å². The number of hydrogen-bond acceptors (Lipinski definition) is 6. The van der Waals surface area contributed by atoms with Crippen LogP contribution < -0.4 is 5.32 Å². The molecule has 1 fully saturated rings. The summed E-state index contributed by atoms with van der Waals surface area (Å²) < 4.78 is 0.642. The number of likely N-dealkylation sites (tertiary alicyclic amines) is 1. The molecule has 2 aromatic carbocycles. The van der Waals surface area contributed by atoms with Gasteiger partial charge in [-0.1, -0.05) is 22.9 Å². The number of rotatable bonds is 4. The summed E-state index contributed by atoms with van der Waals surface area (Å²) in [6, 6.07) is 11.2. The number of anilines is 1. The Morgan fingerprint density at radius 3 is 2.53 bits per heavy atom. The predicted octanol–water partition coefficient (Wildman–Crippen LogP) is 4.35. The number of amides is 2. The topological polar surface area (TPSA) is 105 Å². The number of nitrogens with zero attached hydrogens (tertiary/aromatic N) is 3. The summed E-state index contributed by atoms with van der Waals surface area (Å²) in [6.07, 6.45) is 1.11. The monoisotopic (exact) mass is 444 g/mol. The zero-order valence-electron chi connectivity index (χ0n) is 15.7. The summed E-state index contributed by atoms with van der Waals surface area (Å²) in [5.41, 5.74) is 1.16. The molecule has 10 heteroatoms. The zero-order valence-corrected chi connectivity index (χ0v) is 17.3. The molecule has 0 saturated carbocycles. The van der Waals surface area contributed by atoms with Crippen LogP contribution in [0.3, 0.4) is 0 Å². The van der Waals surface area contributed by atoms with E-state index in [-0.39, 0.29) is 23.4 Å². The number of carbonyl (C=O) groups excluding carboxylic acids is 2. The molecule has 1 aliphatic rings. The maximum absolute atomic E-state index is 12.6. The first-order chi connectivity index (χ1) is 14.4. The minimum Gasteiger partial charge on any atom is -0.339 e. The number of non-ortho nitro benzene ring substituents is 1. The molecule has 1 saturated heterocycles. The van der Waals surface area contributed by atoms with Gasteiger partial charge < -0.3 is 10.2 Å². The third-order valence-corrected chi connectivity index (χ3v) is 6.24. The number of halogens is 1. The van der Waals surface area contributed by atoms with E-state index >= 15 is 0 Å². The minimum absolute atomic E-state index is 0.0123. The molecule has 1 N–H and O–H groups in total. The first-order valence-electron chi connectivity index (χ1n) is 9.31. The predicted molar refractivity (Wildman–Crippen MR) is 115 cm³/mol. The van der Waals surface area contributed by atoms with Crippen molar-refractivity contribution >= 4 is 55.8 Å². The van der Waals surface area contributed by atoms with Gasteiger partial charge >= 0.3 is 0 Å². The molecule has 2 heterocycles. The Bertz CT molecular complexity index is 1120.